The molecule has 2 heteroatoms. The lowest BCUT2D eigenvalue weighted by Crippen LogP contribution is -1.87. The van der Waals surface area contributed by atoms with Crippen molar-refractivity contribution in [1.29, 1.82) is 0 Å². The summed E-state index contributed by atoms with van der Waals surface area (Å²) in [6.07, 6.45) is 8.45. The molecule has 0 aromatic carbocycles. The summed E-state index contributed by atoms with van der Waals surface area (Å²) in [5, 5.41) is 2.61. The Labute approximate surface area is 80.3 Å². The van der Waals surface area contributed by atoms with Gasteiger partial charge in [-0.25, -0.2) is 0 Å². The maximum absolute atomic E-state index is 2.18. The van der Waals surface area contributed by atoms with E-state index in [1.807, 2.05) is 0 Å². The number of rotatable bonds is 0. The minimum atomic E-state index is 1.31. The van der Waals surface area contributed by atoms with Crippen LogP contribution in [0.1, 0.15) is 0 Å². The van der Waals surface area contributed by atoms with Gasteiger partial charge >= 0.3 is 0 Å². The Balaban J connectivity index is 2.59. The van der Waals surface area contributed by atoms with Gasteiger partial charge in [-0.05, 0) is 24.3 Å². The van der Waals surface area contributed by atoms with Gasteiger partial charge in [0.1, 0.15) is 0 Å². The van der Waals surface area contributed by atoms with Gasteiger partial charge < -0.3 is 8.80 Å². The van der Waals surface area contributed by atoms with Gasteiger partial charge in [-0.15, -0.1) is 0 Å². The number of pyridine rings is 2. The molecule has 0 saturated carbocycles. The summed E-state index contributed by atoms with van der Waals surface area (Å²) in [5.41, 5.74) is 2.63. The zero-order valence-corrected chi connectivity index (χ0v) is 7.51. The van der Waals surface area contributed by atoms with Gasteiger partial charge in [0, 0.05) is 35.6 Å². The van der Waals surface area contributed by atoms with Crippen LogP contribution in [0.2, 0.25) is 0 Å². The molecule has 0 unspecified atom stereocenters. The molecule has 0 amide bonds. The minimum absolute atomic E-state index is 1.31. The van der Waals surface area contributed by atoms with Crippen LogP contribution in [0.3, 0.4) is 0 Å². The third kappa shape index (κ3) is 0.567. The maximum Gasteiger partial charge on any atom is 0.0772 e. The van der Waals surface area contributed by atoms with E-state index < -0.39 is 0 Å². The SMILES string of the molecule is c1cn2ccc3ccn4ccc1c2c34. The van der Waals surface area contributed by atoms with Gasteiger partial charge in [0.15, 0.2) is 0 Å². The van der Waals surface area contributed by atoms with Crippen molar-refractivity contribution in [1.82, 2.24) is 8.80 Å². The molecule has 4 aromatic rings. The van der Waals surface area contributed by atoms with E-state index in [9.17, 15) is 0 Å². The molecular formula is C12H8N2. The highest BCUT2D eigenvalue weighted by Crippen LogP contribution is 2.26. The summed E-state index contributed by atoms with van der Waals surface area (Å²) in [6, 6.07) is 8.62. The smallest absolute Gasteiger partial charge is 0.0772 e. The molecule has 14 heavy (non-hydrogen) atoms. The first kappa shape index (κ1) is 6.49. The third-order valence-corrected chi connectivity index (χ3v) is 2.95. The van der Waals surface area contributed by atoms with Crippen molar-refractivity contribution >= 4 is 21.8 Å². The number of nitrogens with zero attached hydrogens (tertiary/aromatic N) is 2. The number of aromatic nitrogens is 2. The monoisotopic (exact) mass is 180 g/mol. The zero-order chi connectivity index (χ0) is 9.12. The largest absolute Gasteiger partial charge is 0.321 e. The Kier molecular flexibility index (Phi) is 0.892. The van der Waals surface area contributed by atoms with Crippen LogP contribution in [0.25, 0.3) is 21.8 Å². The Morgan fingerprint density at radius 2 is 0.929 bits per heavy atom. The molecule has 4 aromatic heterocycles. The molecule has 0 aliphatic carbocycles. The summed E-state index contributed by atoms with van der Waals surface area (Å²) in [4.78, 5) is 0. The van der Waals surface area contributed by atoms with Crippen molar-refractivity contribution in [2.24, 2.45) is 0 Å². The van der Waals surface area contributed by atoms with Gasteiger partial charge in [-0.1, -0.05) is 0 Å². The van der Waals surface area contributed by atoms with Crippen molar-refractivity contribution < 1.29 is 0 Å². The molecule has 0 aliphatic heterocycles. The fourth-order valence-electron chi connectivity index (χ4n) is 2.28. The van der Waals surface area contributed by atoms with E-state index in [4.69, 9.17) is 0 Å². The molecule has 0 fully saturated rings. The van der Waals surface area contributed by atoms with E-state index in [0.29, 0.717) is 0 Å². The first-order valence-electron chi connectivity index (χ1n) is 4.72. The Morgan fingerprint density at radius 1 is 0.571 bits per heavy atom. The molecule has 0 saturated heterocycles. The summed E-state index contributed by atoms with van der Waals surface area (Å²) in [6.45, 7) is 0. The highest BCUT2D eigenvalue weighted by molar-refractivity contribution is 6.03. The molecule has 0 N–H and O–H groups in total. The van der Waals surface area contributed by atoms with Gasteiger partial charge in [-0.3, -0.25) is 0 Å². The number of hydrogen-bond donors (Lipinski definition) is 0. The second kappa shape index (κ2) is 1.93. The fourth-order valence-corrected chi connectivity index (χ4v) is 2.28. The second-order valence-electron chi connectivity index (χ2n) is 3.69. The van der Waals surface area contributed by atoms with Crippen molar-refractivity contribution in [2.45, 2.75) is 0 Å². The molecular weight excluding hydrogens is 172 g/mol. The van der Waals surface area contributed by atoms with E-state index in [-0.39, 0.29) is 0 Å². The van der Waals surface area contributed by atoms with Crippen LogP contribution in [-0.4, -0.2) is 8.80 Å². The predicted octanol–water partition coefficient (Wildman–Crippen LogP) is 2.78. The van der Waals surface area contributed by atoms with Gasteiger partial charge in [0.25, 0.3) is 0 Å². The van der Waals surface area contributed by atoms with Crippen LogP contribution in [0.15, 0.2) is 49.1 Å². The van der Waals surface area contributed by atoms with E-state index >= 15 is 0 Å². The average Bonchev–Trinajstić information content (AvgIpc) is 2.77. The van der Waals surface area contributed by atoms with Crippen LogP contribution < -0.4 is 0 Å². The summed E-state index contributed by atoms with van der Waals surface area (Å²) >= 11 is 0. The molecule has 0 aliphatic rings. The first-order valence-corrected chi connectivity index (χ1v) is 4.72. The minimum Gasteiger partial charge on any atom is -0.321 e. The Hall–Kier alpha value is -1.96. The van der Waals surface area contributed by atoms with Gasteiger partial charge in [0.2, 0.25) is 0 Å². The lowest BCUT2D eigenvalue weighted by molar-refractivity contribution is 1.17. The summed E-state index contributed by atoms with van der Waals surface area (Å²) in [5.74, 6) is 0. The van der Waals surface area contributed by atoms with E-state index in [1.54, 1.807) is 0 Å². The Bertz CT molecular complexity index is 607. The van der Waals surface area contributed by atoms with Gasteiger partial charge in [0.05, 0.1) is 11.0 Å². The van der Waals surface area contributed by atoms with Crippen molar-refractivity contribution in [3.8, 4) is 0 Å². The molecule has 0 atom stereocenters. The standard InChI is InChI=1S/C12H8N2/c1-5-13-8-4-10-2-6-14-7-3-9(1)11(13)12(10)14/h1-8H. The highest BCUT2D eigenvalue weighted by atomic mass is 14.9. The van der Waals surface area contributed by atoms with Crippen molar-refractivity contribution in [3.63, 3.8) is 0 Å². The molecule has 0 spiro atoms. The zero-order valence-electron chi connectivity index (χ0n) is 7.51. The summed E-state index contributed by atoms with van der Waals surface area (Å²) < 4.78 is 4.36. The normalized spacial score (nSPS) is 12.3. The molecule has 4 heterocycles. The van der Waals surface area contributed by atoms with Crippen LogP contribution in [0, 0.1) is 0 Å². The van der Waals surface area contributed by atoms with Crippen molar-refractivity contribution in [2.75, 3.05) is 0 Å². The van der Waals surface area contributed by atoms with Gasteiger partial charge in [-0.2, -0.15) is 0 Å². The molecule has 66 valence electrons. The molecule has 0 bridgehead atoms. The maximum atomic E-state index is 2.18. The first-order chi connectivity index (χ1) is 6.93. The Morgan fingerprint density at radius 3 is 1.29 bits per heavy atom. The quantitative estimate of drug-likeness (QED) is 0.393. The van der Waals surface area contributed by atoms with Crippen LogP contribution in [-0.2, 0) is 0 Å². The molecule has 2 nitrogen and oxygen atoms in total. The lowest BCUT2D eigenvalue weighted by atomic mass is 10.2. The summed E-state index contributed by atoms with van der Waals surface area (Å²) in [7, 11) is 0. The van der Waals surface area contributed by atoms with Crippen LogP contribution in [0.4, 0.5) is 0 Å². The van der Waals surface area contributed by atoms with E-state index in [2.05, 4.69) is 57.9 Å². The predicted molar refractivity (Wildman–Crippen MR) is 57.0 cm³/mol. The molecule has 4 rings (SSSR count). The second-order valence-corrected chi connectivity index (χ2v) is 3.69. The van der Waals surface area contributed by atoms with Crippen molar-refractivity contribution in [3.05, 3.63) is 49.1 Å². The topological polar surface area (TPSA) is 8.82 Å². The average molecular weight is 180 g/mol. The van der Waals surface area contributed by atoms with E-state index in [0.717, 1.165) is 0 Å². The fraction of sp³-hybridized carbons (Fsp3) is 0. The number of hydrogen-bond acceptors (Lipinski definition) is 0. The third-order valence-electron chi connectivity index (χ3n) is 2.95. The van der Waals surface area contributed by atoms with Crippen LogP contribution >= 0.6 is 0 Å². The van der Waals surface area contributed by atoms with E-state index in [1.165, 1.54) is 21.8 Å². The highest BCUT2D eigenvalue weighted by Gasteiger charge is 2.07. The lowest BCUT2D eigenvalue weighted by Gasteiger charge is -2.02. The van der Waals surface area contributed by atoms with Crippen LogP contribution in [0.5, 0.6) is 0 Å². The molecule has 0 radical (unpaired) electrons.